The third-order valence-electron chi connectivity index (χ3n) is 6.29. The molecule has 0 radical (unpaired) electrons. The fraction of sp³-hybridized carbons (Fsp3) is 0.393. The number of anilines is 1. The first-order valence-corrected chi connectivity index (χ1v) is 11.9. The first-order valence-electron chi connectivity index (χ1n) is 11.9. The molecular weight excluding hydrogens is 380 g/mol. The zero-order chi connectivity index (χ0) is 21.6. The van der Waals surface area contributed by atoms with E-state index >= 15 is 0 Å². The van der Waals surface area contributed by atoms with Crippen molar-refractivity contribution in [3.63, 3.8) is 0 Å². The lowest BCUT2D eigenvalue weighted by molar-refractivity contribution is 0.0965. The van der Waals surface area contributed by atoms with Crippen molar-refractivity contribution in [1.29, 1.82) is 0 Å². The van der Waals surface area contributed by atoms with Crippen LogP contribution in [0, 0.1) is 0 Å². The summed E-state index contributed by atoms with van der Waals surface area (Å²) in [4.78, 5) is 15.9. The number of hydrogen-bond acceptors (Lipinski definition) is 2. The highest BCUT2D eigenvalue weighted by Crippen LogP contribution is 2.34. The molecule has 3 heteroatoms. The quantitative estimate of drug-likeness (QED) is 0.405. The lowest BCUT2D eigenvalue weighted by atomic mass is 9.98. The molecule has 0 unspecified atom stereocenters. The lowest BCUT2D eigenvalue weighted by Crippen LogP contribution is -2.29. The van der Waals surface area contributed by atoms with Crippen molar-refractivity contribution in [1.82, 2.24) is 4.57 Å². The number of rotatable bonds is 7. The minimum absolute atomic E-state index is 0.0360. The Morgan fingerprint density at radius 3 is 2.45 bits per heavy atom. The smallest absolute Gasteiger partial charge is 0.262 e. The van der Waals surface area contributed by atoms with Gasteiger partial charge in [-0.25, -0.2) is 0 Å². The summed E-state index contributed by atoms with van der Waals surface area (Å²) < 4.78 is 1.86. The van der Waals surface area contributed by atoms with Crippen molar-refractivity contribution in [2.24, 2.45) is 0 Å². The molecule has 4 rings (SSSR count). The van der Waals surface area contributed by atoms with Gasteiger partial charge in [0.05, 0.1) is 5.52 Å². The van der Waals surface area contributed by atoms with Crippen molar-refractivity contribution in [2.45, 2.75) is 58.8 Å². The maximum atomic E-state index is 13.4. The Kier molecular flexibility index (Phi) is 6.91. The zero-order valence-corrected chi connectivity index (χ0v) is 18.9. The first-order chi connectivity index (χ1) is 15.2. The van der Waals surface area contributed by atoms with Gasteiger partial charge in [0.25, 0.3) is 5.91 Å². The molecule has 1 aliphatic heterocycles. The molecule has 0 spiro atoms. The minimum Gasteiger partial charge on any atom is -0.372 e. The van der Waals surface area contributed by atoms with Crippen LogP contribution in [0.5, 0.6) is 0 Å². The summed E-state index contributed by atoms with van der Waals surface area (Å²) in [6, 6.07) is 16.3. The molecular formula is C28H34N2O. The van der Waals surface area contributed by atoms with Gasteiger partial charge in [0.1, 0.15) is 0 Å². The number of carbonyl (C=O) groups excluding carboxylic acids is 1. The summed E-state index contributed by atoms with van der Waals surface area (Å²) in [6.45, 7) is 6.69. The van der Waals surface area contributed by atoms with Gasteiger partial charge in [-0.3, -0.25) is 9.36 Å². The molecule has 0 bridgehead atoms. The molecule has 31 heavy (non-hydrogen) atoms. The van der Waals surface area contributed by atoms with Crippen LogP contribution < -0.4 is 4.90 Å². The minimum atomic E-state index is 0.0360. The third-order valence-corrected chi connectivity index (χ3v) is 6.29. The van der Waals surface area contributed by atoms with Gasteiger partial charge in [0.15, 0.2) is 0 Å². The Bertz CT molecular complexity index is 1060. The highest BCUT2D eigenvalue weighted by Gasteiger charge is 2.19. The van der Waals surface area contributed by atoms with E-state index in [0.29, 0.717) is 0 Å². The number of piperidine rings is 1. The summed E-state index contributed by atoms with van der Waals surface area (Å²) >= 11 is 0. The van der Waals surface area contributed by atoms with Crippen molar-refractivity contribution in [2.75, 3.05) is 18.0 Å². The van der Waals surface area contributed by atoms with E-state index in [-0.39, 0.29) is 5.91 Å². The van der Waals surface area contributed by atoms with E-state index in [9.17, 15) is 4.79 Å². The van der Waals surface area contributed by atoms with Gasteiger partial charge < -0.3 is 4.90 Å². The summed E-state index contributed by atoms with van der Waals surface area (Å²) in [6.07, 6.45) is 12.6. The van der Waals surface area contributed by atoms with Crippen molar-refractivity contribution >= 4 is 28.1 Å². The number of unbranched alkanes of at least 4 members (excludes halogenated alkanes) is 1. The SMILES string of the molecule is CCC/C=C(\CCC)c1cn(C(=O)c2ccccc2)c2ccc(N3CCCCC3)cc12. The van der Waals surface area contributed by atoms with E-state index in [1.165, 1.54) is 41.5 Å². The number of carbonyl (C=O) groups is 1. The number of fused-ring (bicyclic) bond motifs is 1. The van der Waals surface area contributed by atoms with Crippen LogP contribution in [-0.2, 0) is 0 Å². The largest absolute Gasteiger partial charge is 0.372 e. The summed E-state index contributed by atoms with van der Waals surface area (Å²) in [5, 5.41) is 1.20. The van der Waals surface area contributed by atoms with Crippen LogP contribution in [0.3, 0.4) is 0 Å². The van der Waals surface area contributed by atoms with E-state index in [1.54, 1.807) is 0 Å². The van der Waals surface area contributed by atoms with Crippen LogP contribution in [0.4, 0.5) is 5.69 Å². The summed E-state index contributed by atoms with van der Waals surface area (Å²) in [5.41, 5.74) is 5.59. The summed E-state index contributed by atoms with van der Waals surface area (Å²) in [7, 11) is 0. The molecule has 0 amide bonds. The fourth-order valence-corrected chi connectivity index (χ4v) is 4.65. The molecule has 2 heterocycles. The Balaban J connectivity index is 1.85. The highest BCUT2D eigenvalue weighted by molar-refractivity contribution is 6.06. The Hall–Kier alpha value is -2.81. The first kappa shape index (κ1) is 21.4. The Morgan fingerprint density at radius 1 is 0.968 bits per heavy atom. The number of allylic oxidation sites excluding steroid dienone is 2. The zero-order valence-electron chi connectivity index (χ0n) is 18.9. The second-order valence-corrected chi connectivity index (χ2v) is 8.60. The molecule has 1 saturated heterocycles. The summed E-state index contributed by atoms with van der Waals surface area (Å²) in [5.74, 6) is 0.0360. The molecule has 0 aliphatic carbocycles. The number of benzene rings is 2. The van der Waals surface area contributed by atoms with E-state index in [4.69, 9.17) is 0 Å². The van der Waals surface area contributed by atoms with Crippen molar-refractivity contribution in [3.8, 4) is 0 Å². The van der Waals surface area contributed by atoms with Gasteiger partial charge in [-0.15, -0.1) is 0 Å². The number of hydrogen-bond donors (Lipinski definition) is 0. The van der Waals surface area contributed by atoms with Crippen molar-refractivity contribution in [3.05, 3.63) is 71.9 Å². The standard InChI is InChI=1S/C28H34N2O/c1-3-5-13-22(12-4-2)26-21-30(28(31)23-14-8-6-9-15-23)27-17-16-24(20-25(26)27)29-18-10-7-11-19-29/h6,8-9,13-17,20-21H,3-5,7,10-12,18-19H2,1-2H3/b22-13+. The Labute approximate surface area is 186 Å². The van der Waals surface area contributed by atoms with Crippen LogP contribution in [0.1, 0.15) is 74.7 Å². The van der Waals surface area contributed by atoms with Crippen LogP contribution in [-0.4, -0.2) is 23.6 Å². The van der Waals surface area contributed by atoms with Gasteiger partial charge in [0.2, 0.25) is 0 Å². The van der Waals surface area contributed by atoms with Gasteiger partial charge in [0, 0.05) is 41.5 Å². The third kappa shape index (κ3) is 4.61. The molecule has 162 valence electrons. The topological polar surface area (TPSA) is 25.2 Å². The Morgan fingerprint density at radius 2 is 1.74 bits per heavy atom. The monoisotopic (exact) mass is 414 g/mol. The van der Waals surface area contributed by atoms with Gasteiger partial charge in [-0.05, 0) is 68.0 Å². The molecule has 0 atom stereocenters. The van der Waals surface area contributed by atoms with E-state index < -0.39 is 0 Å². The average Bonchev–Trinajstić information content (AvgIpc) is 3.21. The fourth-order valence-electron chi connectivity index (χ4n) is 4.65. The van der Waals surface area contributed by atoms with Crippen LogP contribution in [0.15, 0.2) is 60.8 Å². The van der Waals surface area contributed by atoms with E-state index in [0.717, 1.165) is 49.9 Å². The predicted molar refractivity (Wildman–Crippen MR) is 132 cm³/mol. The molecule has 3 aromatic rings. The van der Waals surface area contributed by atoms with Crippen LogP contribution in [0.2, 0.25) is 0 Å². The van der Waals surface area contributed by atoms with Crippen LogP contribution in [0.25, 0.3) is 16.5 Å². The van der Waals surface area contributed by atoms with Gasteiger partial charge in [-0.2, -0.15) is 0 Å². The molecule has 0 N–H and O–H groups in total. The second-order valence-electron chi connectivity index (χ2n) is 8.60. The molecule has 0 saturated carbocycles. The van der Waals surface area contributed by atoms with E-state index in [2.05, 4.69) is 49.2 Å². The molecule has 2 aromatic carbocycles. The molecule has 3 nitrogen and oxygen atoms in total. The number of aromatic nitrogens is 1. The second kappa shape index (κ2) is 10.00. The normalized spacial score (nSPS) is 14.9. The van der Waals surface area contributed by atoms with Gasteiger partial charge in [-0.1, -0.05) is 51.0 Å². The molecule has 1 aliphatic rings. The lowest BCUT2D eigenvalue weighted by Gasteiger charge is -2.29. The van der Waals surface area contributed by atoms with Crippen LogP contribution >= 0.6 is 0 Å². The predicted octanol–water partition coefficient (Wildman–Crippen LogP) is 7.30. The van der Waals surface area contributed by atoms with E-state index in [1.807, 2.05) is 34.9 Å². The number of nitrogens with zero attached hydrogens (tertiary/aromatic N) is 2. The molecule has 1 aromatic heterocycles. The molecule has 1 fully saturated rings. The van der Waals surface area contributed by atoms with Gasteiger partial charge >= 0.3 is 0 Å². The maximum Gasteiger partial charge on any atom is 0.262 e. The highest BCUT2D eigenvalue weighted by atomic mass is 16.2. The average molecular weight is 415 g/mol. The van der Waals surface area contributed by atoms with Crippen molar-refractivity contribution < 1.29 is 4.79 Å². The maximum absolute atomic E-state index is 13.4.